The standard InChI is InChI=1S/C17H19N3O3/c1-12-2-4-15(21)14(10-12)17(22)19-16-5-3-13(11-18-16)20-6-8-23-9-7-20/h2-5,10-11,21H,6-9H2,1H3,(H,18,19,22). The molecule has 1 aromatic carbocycles. The van der Waals surface area contributed by atoms with Crippen LogP contribution in [0.3, 0.4) is 0 Å². The van der Waals surface area contributed by atoms with Gasteiger partial charge in [0.1, 0.15) is 11.6 Å². The lowest BCUT2D eigenvalue weighted by molar-refractivity contribution is 0.102. The number of carbonyl (C=O) groups excluding carboxylic acids is 1. The van der Waals surface area contributed by atoms with Crippen molar-refractivity contribution >= 4 is 17.4 Å². The Bertz CT molecular complexity index is 695. The summed E-state index contributed by atoms with van der Waals surface area (Å²) in [6, 6.07) is 8.59. The number of ether oxygens (including phenoxy) is 1. The molecule has 120 valence electrons. The molecule has 0 unspecified atom stereocenters. The van der Waals surface area contributed by atoms with E-state index in [4.69, 9.17) is 4.74 Å². The highest BCUT2D eigenvalue weighted by atomic mass is 16.5. The summed E-state index contributed by atoms with van der Waals surface area (Å²) in [5, 5.41) is 12.5. The van der Waals surface area contributed by atoms with Crippen molar-refractivity contribution in [1.29, 1.82) is 0 Å². The number of aryl methyl sites for hydroxylation is 1. The van der Waals surface area contributed by atoms with E-state index in [9.17, 15) is 9.90 Å². The summed E-state index contributed by atoms with van der Waals surface area (Å²) in [6.07, 6.45) is 1.73. The van der Waals surface area contributed by atoms with E-state index in [0.29, 0.717) is 19.0 Å². The zero-order chi connectivity index (χ0) is 16.2. The van der Waals surface area contributed by atoms with Gasteiger partial charge in [-0.2, -0.15) is 0 Å². The van der Waals surface area contributed by atoms with Gasteiger partial charge in [0.2, 0.25) is 0 Å². The van der Waals surface area contributed by atoms with Crippen molar-refractivity contribution in [3.05, 3.63) is 47.7 Å². The summed E-state index contributed by atoms with van der Waals surface area (Å²) in [7, 11) is 0. The number of nitrogens with zero attached hydrogens (tertiary/aromatic N) is 2. The van der Waals surface area contributed by atoms with Gasteiger partial charge >= 0.3 is 0 Å². The molecule has 0 bridgehead atoms. The quantitative estimate of drug-likeness (QED) is 0.908. The van der Waals surface area contributed by atoms with Gasteiger partial charge in [-0.15, -0.1) is 0 Å². The normalized spacial score (nSPS) is 14.6. The first-order chi connectivity index (χ1) is 11.1. The van der Waals surface area contributed by atoms with Crippen molar-refractivity contribution in [2.24, 2.45) is 0 Å². The predicted octanol–water partition coefficient (Wildman–Crippen LogP) is 2.18. The molecule has 23 heavy (non-hydrogen) atoms. The number of carbonyl (C=O) groups is 1. The van der Waals surface area contributed by atoms with Gasteiger partial charge in [-0.1, -0.05) is 11.6 Å². The highest BCUT2D eigenvalue weighted by molar-refractivity contribution is 6.05. The fraction of sp³-hybridized carbons (Fsp3) is 0.294. The number of phenols is 1. The number of hydrogen-bond donors (Lipinski definition) is 2. The predicted molar refractivity (Wildman–Crippen MR) is 88.1 cm³/mol. The molecular formula is C17H19N3O3. The molecule has 0 aliphatic carbocycles. The largest absolute Gasteiger partial charge is 0.507 e. The molecule has 0 spiro atoms. The van der Waals surface area contributed by atoms with Crippen LogP contribution in [0.25, 0.3) is 0 Å². The van der Waals surface area contributed by atoms with E-state index in [1.807, 2.05) is 13.0 Å². The van der Waals surface area contributed by atoms with Crippen molar-refractivity contribution in [1.82, 2.24) is 4.98 Å². The zero-order valence-electron chi connectivity index (χ0n) is 13.0. The maximum atomic E-state index is 12.2. The first-order valence-corrected chi connectivity index (χ1v) is 7.53. The fourth-order valence-electron chi connectivity index (χ4n) is 2.48. The molecule has 2 heterocycles. The van der Waals surface area contributed by atoms with Crippen molar-refractivity contribution in [2.45, 2.75) is 6.92 Å². The van der Waals surface area contributed by atoms with Gasteiger partial charge in [-0.05, 0) is 31.2 Å². The number of aromatic nitrogens is 1. The molecule has 6 heteroatoms. The Labute approximate surface area is 134 Å². The second kappa shape index (κ2) is 6.66. The Morgan fingerprint density at radius 3 is 2.74 bits per heavy atom. The van der Waals surface area contributed by atoms with Gasteiger partial charge in [0.05, 0.1) is 30.7 Å². The summed E-state index contributed by atoms with van der Waals surface area (Å²) in [6.45, 7) is 4.97. The lowest BCUT2D eigenvalue weighted by Gasteiger charge is -2.28. The molecular weight excluding hydrogens is 294 g/mol. The molecule has 3 rings (SSSR count). The molecule has 6 nitrogen and oxygen atoms in total. The second-order valence-corrected chi connectivity index (χ2v) is 5.48. The summed E-state index contributed by atoms with van der Waals surface area (Å²) in [5.41, 5.74) is 2.15. The Hall–Kier alpha value is -2.60. The molecule has 1 aliphatic heterocycles. The second-order valence-electron chi connectivity index (χ2n) is 5.48. The van der Waals surface area contributed by atoms with Crippen LogP contribution >= 0.6 is 0 Å². The molecule has 1 fully saturated rings. The molecule has 1 aromatic heterocycles. The third-order valence-electron chi connectivity index (χ3n) is 3.76. The Morgan fingerprint density at radius 2 is 2.04 bits per heavy atom. The highest BCUT2D eigenvalue weighted by Gasteiger charge is 2.14. The minimum Gasteiger partial charge on any atom is -0.507 e. The number of morpholine rings is 1. The van der Waals surface area contributed by atoms with Crippen LogP contribution in [0.2, 0.25) is 0 Å². The van der Waals surface area contributed by atoms with Crippen LogP contribution in [-0.2, 0) is 4.74 Å². The van der Waals surface area contributed by atoms with Crippen LogP contribution in [-0.4, -0.2) is 42.3 Å². The van der Waals surface area contributed by atoms with E-state index in [2.05, 4.69) is 15.2 Å². The third kappa shape index (κ3) is 3.60. The summed E-state index contributed by atoms with van der Waals surface area (Å²) >= 11 is 0. The molecule has 0 atom stereocenters. The third-order valence-corrected chi connectivity index (χ3v) is 3.76. The average Bonchev–Trinajstić information content (AvgIpc) is 2.58. The molecule has 2 aromatic rings. The van der Waals surface area contributed by atoms with Crippen LogP contribution < -0.4 is 10.2 Å². The SMILES string of the molecule is Cc1ccc(O)c(C(=O)Nc2ccc(N3CCOCC3)cn2)c1. The van der Waals surface area contributed by atoms with Crippen molar-refractivity contribution < 1.29 is 14.6 Å². The summed E-state index contributed by atoms with van der Waals surface area (Å²) in [4.78, 5) is 18.7. The Kier molecular flexibility index (Phi) is 4.43. The van der Waals surface area contributed by atoms with Crippen molar-refractivity contribution in [3.8, 4) is 5.75 Å². The van der Waals surface area contributed by atoms with Crippen molar-refractivity contribution in [3.63, 3.8) is 0 Å². The van der Waals surface area contributed by atoms with Gasteiger partial charge in [-0.3, -0.25) is 4.79 Å². The lowest BCUT2D eigenvalue weighted by Crippen LogP contribution is -2.36. The number of anilines is 2. The molecule has 1 saturated heterocycles. The number of benzene rings is 1. The smallest absolute Gasteiger partial charge is 0.260 e. The average molecular weight is 313 g/mol. The molecule has 1 aliphatic rings. The van der Waals surface area contributed by atoms with Gasteiger partial charge in [-0.25, -0.2) is 4.98 Å². The van der Waals surface area contributed by atoms with E-state index < -0.39 is 0 Å². The number of aromatic hydroxyl groups is 1. The first kappa shape index (κ1) is 15.3. The number of hydrogen-bond acceptors (Lipinski definition) is 5. The van der Waals surface area contributed by atoms with Crippen LogP contribution in [0.15, 0.2) is 36.5 Å². The van der Waals surface area contributed by atoms with Gasteiger partial charge in [0.25, 0.3) is 5.91 Å². The van der Waals surface area contributed by atoms with Crippen LogP contribution in [0, 0.1) is 6.92 Å². The zero-order valence-corrected chi connectivity index (χ0v) is 13.0. The van der Waals surface area contributed by atoms with E-state index in [-0.39, 0.29) is 17.2 Å². The van der Waals surface area contributed by atoms with E-state index in [1.165, 1.54) is 6.07 Å². The fourth-order valence-corrected chi connectivity index (χ4v) is 2.48. The molecule has 1 amide bonds. The maximum Gasteiger partial charge on any atom is 0.260 e. The number of phenolic OH excluding ortho intramolecular Hbond substituents is 1. The molecule has 0 saturated carbocycles. The first-order valence-electron chi connectivity index (χ1n) is 7.53. The van der Waals surface area contributed by atoms with Crippen LogP contribution in [0.5, 0.6) is 5.75 Å². The maximum absolute atomic E-state index is 12.2. The minimum atomic E-state index is -0.377. The summed E-state index contributed by atoms with van der Waals surface area (Å²) in [5.74, 6) is 0.0313. The van der Waals surface area contributed by atoms with Gasteiger partial charge in [0, 0.05) is 13.1 Å². The topological polar surface area (TPSA) is 74.7 Å². The van der Waals surface area contributed by atoms with Crippen molar-refractivity contribution in [2.75, 3.05) is 36.5 Å². The lowest BCUT2D eigenvalue weighted by atomic mass is 10.1. The number of rotatable bonds is 3. The minimum absolute atomic E-state index is 0.0435. The summed E-state index contributed by atoms with van der Waals surface area (Å²) < 4.78 is 5.32. The Morgan fingerprint density at radius 1 is 1.26 bits per heavy atom. The molecule has 2 N–H and O–H groups in total. The number of pyridine rings is 1. The highest BCUT2D eigenvalue weighted by Crippen LogP contribution is 2.20. The Balaban J connectivity index is 1.70. The van der Waals surface area contributed by atoms with E-state index in [1.54, 1.807) is 24.4 Å². The monoisotopic (exact) mass is 313 g/mol. The van der Waals surface area contributed by atoms with Crippen LogP contribution in [0.4, 0.5) is 11.5 Å². The number of nitrogens with one attached hydrogen (secondary N) is 1. The molecule has 0 radical (unpaired) electrons. The van der Waals surface area contributed by atoms with E-state index in [0.717, 1.165) is 24.3 Å². The van der Waals surface area contributed by atoms with E-state index >= 15 is 0 Å². The van der Waals surface area contributed by atoms with Gasteiger partial charge in [0.15, 0.2) is 0 Å². The van der Waals surface area contributed by atoms with Gasteiger partial charge < -0.3 is 20.1 Å². The van der Waals surface area contributed by atoms with Crippen LogP contribution in [0.1, 0.15) is 15.9 Å². The number of amides is 1.